The van der Waals surface area contributed by atoms with E-state index in [0.29, 0.717) is 35.0 Å². The van der Waals surface area contributed by atoms with E-state index in [1.165, 1.54) is 18.4 Å². The lowest BCUT2D eigenvalue weighted by Crippen LogP contribution is -2.56. The number of carbonyl (C=O) groups excluding carboxylic acids is 2. The van der Waals surface area contributed by atoms with Gasteiger partial charge in [-0.2, -0.15) is 0 Å². The molecule has 4 rings (SSSR count). The molecule has 1 saturated heterocycles. The van der Waals surface area contributed by atoms with Crippen LogP contribution in [-0.2, 0) is 9.53 Å². The molecule has 1 aromatic heterocycles. The van der Waals surface area contributed by atoms with Gasteiger partial charge < -0.3 is 24.6 Å². The monoisotopic (exact) mass is 516 g/mol. The molecule has 9 heteroatoms. The highest BCUT2D eigenvalue weighted by Gasteiger charge is 2.50. The summed E-state index contributed by atoms with van der Waals surface area (Å²) < 4.78 is 16.2. The summed E-state index contributed by atoms with van der Waals surface area (Å²) in [7, 11) is 4.60. The van der Waals surface area contributed by atoms with E-state index in [2.05, 4.69) is 10.2 Å². The lowest BCUT2D eigenvalue weighted by Gasteiger charge is -2.52. The number of esters is 1. The number of thiophene rings is 1. The van der Waals surface area contributed by atoms with Crippen molar-refractivity contribution in [2.24, 2.45) is 5.92 Å². The lowest BCUT2D eigenvalue weighted by atomic mass is 9.66. The number of anilines is 1. The fourth-order valence-corrected chi connectivity index (χ4v) is 6.88. The molecule has 3 atom stereocenters. The van der Waals surface area contributed by atoms with Crippen LogP contribution in [0, 0.1) is 19.8 Å². The normalized spacial score (nSPS) is 24.1. The molecule has 0 bridgehead atoms. The lowest BCUT2D eigenvalue weighted by molar-refractivity contribution is -0.135. The van der Waals surface area contributed by atoms with Crippen molar-refractivity contribution in [3.63, 3.8) is 0 Å². The number of likely N-dealkylation sites (tertiary alicyclic amines) is 1. The number of nitrogens with zero attached hydrogens (tertiary/aromatic N) is 1. The van der Waals surface area contributed by atoms with Gasteiger partial charge in [-0.3, -0.25) is 9.69 Å². The van der Waals surface area contributed by atoms with Gasteiger partial charge in [-0.05, 0) is 56.9 Å². The van der Waals surface area contributed by atoms with Gasteiger partial charge in [0.05, 0.1) is 39.0 Å². The molecule has 0 unspecified atom stereocenters. The van der Waals surface area contributed by atoms with Crippen LogP contribution in [-0.4, -0.2) is 61.9 Å². The maximum absolute atomic E-state index is 13.3. The Kier molecular flexibility index (Phi) is 7.92. The van der Waals surface area contributed by atoms with Crippen molar-refractivity contribution < 1.29 is 28.9 Å². The minimum Gasteiger partial charge on any atom is -0.497 e. The van der Waals surface area contributed by atoms with Crippen molar-refractivity contribution >= 4 is 28.2 Å². The van der Waals surface area contributed by atoms with Crippen molar-refractivity contribution in [3.05, 3.63) is 39.8 Å². The first-order valence-electron chi connectivity index (χ1n) is 12.4. The SMILES string of the molecule is COC(=O)c1c(NC(=O)CN2CC[C@@]3(O)CCCC[C@@H]3[C@H]2c2cc(OC)ccc2OC)sc(C)c1C. The van der Waals surface area contributed by atoms with Crippen LogP contribution in [0.3, 0.4) is 0 Å². The van der Waals surface area contributed by atoms with E-state index in [-0.39, 0.29) is 24.4 Å². The second-order valence-electron chi connectivity index (χ2n) is 9.76. The van der Waals surface area contributed by atoms with Crippen LogP contribution in [0.2, 0.25) is 0 Å². The number of rotatable bonds is 7. The molecule has 2 N–H and O–H groups in total. The molecule has 0 radical (unpaired) electrons. The minimum absolute atomic E-state index is 0.0364. The molecule has 196 valence electrons. The molecule has 2 fully saturated rings. The number of nitrogens with one attached hydrogen (secondary N) is 1. The molecule has 1 aliphatic heterocycles. The second-order valence-corrected chi connectivity index (χ2v) is 11.0. The highest BCUT2D eigenvalue weighted by atomic mass is 32.1. The summed E-state index contributed by atoms with van der Waals surface area (Å²) in [5.74, 6) is 0.697. The van der Waals surface area contributed by atoms with E-state index < -0.39 is 11.6 Å². The van der Waals surface area contributed by atoms with E-state index >= 15 is 0 Å². The summed E-state index contributed by atoms with van der Waals surface area (Å²) in [4.78, 5) is 28.8. The highest BCUT2D eigenvalue weighted by Crippen LogP contribution is 2.51. The Labute approximate surface area is 216 Å². The molecule has 8 nitrogen and oxygen atoms in total. The number of carbonyl (C=O) groups is 2. The molecule has 1 aromatic carbocycles. The zero-order valence-electron chi connectivity index (χ0n) is 21.7. The first-order chi connectivity index (χ1) is 17.2. The average molecular weight is 517 g/mol. The Hall–Kier alpha value is -2.62. The van der Waals surface area contributed by atoms with Crippen molar-refractivity contribution in [2.75, 3.05) is 39.7 Å². The molecule has 2 aliphatic rings. The highest BCUT2D eigenvalue weighted by molar-refractivity contribution is 7.16. The summed E-state index contributed by atoms with van der Waals surface area (Å²) in [5.41, 5.74) is 1.35. The summed E-state index contributed by atoms with van der Waals surface area (Å²) in [6.07, 6.45) is 4.28. The molecule has 2 heterocycles. The van der Waals surface area contributed by atoms with Gasteiger partial charge in [0.15, 0.2) is 0 Å². The molecule has 2 aromatic rings. The Morgan fingerprint density at radius 3 is 2.64 bits per heavy atom. The van der Waals surface area contributed by atoms with E-state index in [9.17, 15) is 14.7 Å². The first kappa shape index (κ1) is 26.4. The van der Waals surface area contributed by atoms with E-state index in [1.807, 2.05) is 32.0 Å². The zero-order valence-corrected chi connectivity index (χ0v) is 22.5. The fourth-order valence-electron chi connectivity index (χ4n) is 5.82. The number of hydrogen-bond donors (Lipinski definition) is 2. The third kappa shape index (κ3) is 4.96. The number of fused-ring (bicyclic) bond motifs is 1. The first-order valence-corrected chi connectivity index (χ1v) is 13.2. The van der Waals surface area contributed by atoms with Crippen molar-refractivity contribution in [1.29, 1.82) is 0 Å². The maximum Gasteiger partial charge on any atom is 0.341 e. The van der Waals surface area contributed by atoms with Gasteiger partial charge >= 0.3 is 5.97 Å². The number of amides is 1. The average Bonchev–Trinajstić information content (AvgIpc) is 3.15. The summed E-state index contributed by atoms with van der Waals surface area (Å²) in [6, 6.07) is 5.47. The van der Waals surface area contributed by atoms with Gasteiger partial charge in [-0.25, -0.2) is 4.79 Å². The minimum atomic E-state index is -0.774. The number of aliphatic hydroxyl groups is 1. The molecular formula is C27H36N2O6S. The third-order valence-corrected chi connectivity index (χ3v) is 8.92. The van der Waals surface area contributed by atoms with Gasteiger partial charge in [0.1, 0.15) is 16.5 Å². The van der Waals surface area contributed by atoms with Crippen LogP contribution in [0.25, 0.3) is 0 Å². The molecule has 0 spiro atoms. The summed E-state index contributed by atoms with van der Waals surface area (Å²) in [5, 5.41) is 15.1. The number of ether oxygens (including phenoxy) is 3. The standard InChI is InChI=1S/C27H36N2O6S/c1-16-17(2)36-25(23(16)26(31)35-5)28-22(30)15-29-13-12-27(32)11-7-6-8-20(27)24(29)19-14-18(33-3)9-10-21(19)34-4/h9-10,14,20,24,32H,6-8,11-13,15H2,1-5H3,(H,28,30)/t20-,24-,27+/m1/s1. The molecular weight excluding hydrogens is 480 g/mol. The molecule has 1 amide bonds. The molecule has 1 aliphatic carbocycles. The van der Waals surface area contributed by atoms with Crippen LogP contribution in [0.15, 0.2) is 18.2 Å². The van der Waals surface area contributed by atoms with E-state index in [4.69, 9.17) is 14.2 Å². The van der Waals surface area contributed by atoms with E-state index in [1.54, 1.807) is 14.2 Å². The topological polar surface area (TPSA) is 97.3 Å². The summed E-state index contributed by atoms with van der Waals surface area (Å²) >= 11 is 1.37. The number of hydrogen-bond acceptors (Lipinski definition) is 8. The van der Waals surface area contributed by atoms with Gasteiger partial charge in [0, 0.05) is 28.9 Å². The van der Waals surface area contributed by atoms with Gasteiger partial charge in [-0.15, -0.1) is 11.3 Å². The Balaban J connectivity index is 1.66. The Bertz CT molecular complexity index is 1130. The van der Waals surface area contributed by atoms with Crippen LogP contribution < -0.4 is 14.8 Å². The Morgan fingerprint density at radius 2 is 1.94 bits per heavy atom. The maximum atomic E-state index is 13.3. The predicted molar refractivity (Wildman–Crippen MR) is 139 cm³/mol. The number of piperidine rings is 1. The Morgan fingerprint density at radius 1 is 1.17 bits per heavy atom. The van der Waals surface area contributed by atoms with E-state index in [0.717, 1.165) is 41.7 Å². The largest absolute Gasteiger partial charge is 0.497 e. The van der Waals surface area contributed by atoms with Gasteiger partial charge in [0.25, 0.3) is 0 Å². The van der Waals surface area contributed by atoms with Crippen molar-refractivity contribution in [2.45, 2.75) is 57.6 Å². The van der Waals surface area contributed by atoms with Crippen LogP contribution in [0.4, 0.5) is 5.00 Å². The van der Waals surface area contributed by atoms with Crippen LogP contribution in [0.5, 0.6) is 11.5 Å². The van der Waals surface area contributed by atoms with Gasteiger partial charge in [0.2, 0.25) is 5.91 Å². The second kappa shape index (κ2) is 10.8. The number of methoxy groups -OCH3 is 3. The van der Waals surface area contributed by atoms with Crippen LogP contribution in [0.1, 0.15) is 64.5 Å². The number of aryl methyl sites for hydroxylation is 1. The third-order valence-electron chi connectivity index (χ3n) is 7.80. The van der Waals surface area contributed by atoms with Crippen LogP contribution >= 0.6 is 11.3 Å². The quantitative estimate of drug-likeness (QED) is 0.524. The van der Waals surface area contributed by atoms with Crippen molar-refractivity contribution in [3.8, 4) is 11.5 Å². The smallest absolute Gasteiger partial charge is 0.341 e. The summed E-state index contributed by atoms with van der Waals surface area (Å²) in [6.45, 7) is 4.46. The predicted octanol–water partition coefficient (Wildman–Crippen LogP) is 4.48. The van der Waals surface area contributed by atoms with Gasteiger partial charge in [-0.1, -0.05) is 12.8 Å². The fraction of sp³-hybridized carbons (Fsp3) is 0.556. The zero-order chi connectivity index (χ0) is 26.0. The number of benzene rings is 1. The molecule has 36 heavy (non-hydrogen) atoms. The van der Waals surface area contributed by atoms with Crippen molar-refractivity contribution in [1.82, 2.24) is 4.90 Å². The molecule has 1 saturated carbocycles.